The topological polar surface area (TPSA) is 68.5 Å². The number of carbonyl (C=O) groups excluding carboxylic acids is 1. The Morgan fingerprint density at radius 3 is 2.59 bits per heavy atom. The van der Waals surface area contributed by atoms with Crippen molar-refractivity contribution in [3.63, 3.8) is 0 Å². The zero-order chi connectivity index (χ0) is 20.2. The molecule has 0 atom stereocenters. The minimum absolute atomic E-state index is 0.0792. The van der Waals surface area contributed by atoms with Gasteiger partial charge in [0, 0.05) is 29.5 Å². The van der Waals surface area contributed by atoms with Gasteiger partial charge in [-0.3, -0.25) is 4.79 Å². The molecule has 0 unspecified atom stereocenters. The minimum atomic E-state index is 0.0792. The van der Waals surface area contributed by atoms with Crippen molar-refractivity contribution in [3.8, 4) is 17.1 Å². The standard InChI is InChI=1S/C22H22BrN3O3/c1-28-17-8-6-16(7-9-17)21-24-20(29-25-21)14-15-10-12-26(13-11-15)22(27)18-4-2-3-5-19(18)23/h2-9,15H,10-14H2,1H3. The van der Waals surface area contributed by atoms with Gasteiger partial charge in [-0.1, -0.05) is 17.3 Å². The van der Waals surface area contributed by atoms with Gasteiger partial charge in [0.05, 0.1) is 12.7 Å². The highest BCUT2D eigenvalue weighted by Crippen LogP contribution is 2.26. The Hall–Kier alpha value is -2.67. The average molecular weight is 456 g/mol. The van der Waals surface area contributed by atoms with E-state index in [2.05, 4.69) is 26.1 Å². The molecule has 2 heterocycles. The first kappa shape index (κ1) is 19.6. The van der Waals surface area contributed by atoms with Crippen LogP contribution in [0.5, 0.6) is 5.75 Å². The lowest BCUT2D eigenvalue weighted by molar-refractivity contribution is 0.0686. The number of piperidine rings is 1. The summed E-state index contributed by atoms with van der Waals surface area (Å²) >= 11 is 3.47. The number of benzene rings is 2. The van der Waals surface area contributed by atoms with E-state index >= 15 is 0 Å². The van der Waals surface area contributed by atoms with Crippen LogP contribution in [0.1, 0.15) is 29.1 Å². The van der Waals surface area contributed by atoms with Gasteiger partial charge >= 0.3 is 0 Å². The molecule has 0 radical (unpaired) electrons. The van der Waals surface area contributed by atoms with Gasteiger partial charge < -0.3 is 14.2 Å². The first-order valence-electron chi connectivity index (χ1n) is 9.65. The normalized spacial score (nSPS) is 14.8. The number of likely N-dealkylation sites (tertiary alicyclic amines) is 1. The van der Waals surface area contributed by atoms with Crippen molar-refractivity contribution in [1.29, 1.82) is 0 Å². The zero-order valence-electron chi connectivity index (χ0n) is 16.2. The van der Waals surface area contributed by atoms with Crippen LogP contribution in [0.4, 0.5) is 0 Å². The van der Waals surface area contributed by atoms with Crippen LogP contribution in [0.2, 0.25) is 0 Å². The van der Waals surface area contributed by atoms with Crippen molar-refractivity contribution in [2.75, 3.05) is 20.2 Å². The number of rotatable bonds is 5. The third kappa shape index (κ3) is 4.50. The fraction of sp³-hybridized carbons (Fsp3) is 0.318. The van der Waals surface area contributed by atoms with E-state index in [-0.39, 0.29) is 5.91 Å². The van der Waals surface area contributed by atoms with Crippen LogP contribution < -0.4 is 4.74 Å². The Bertz CT molecular complexity index is 979. The number of carbonyl (C=O) groups is 1. The van der Waals surface area contributed by atoms with Crippen LogP contribution in [0.3, 0.4) is 0 Å². The van der Waals surface area contributed by atoms with Gasteiger partial charge in [0.15, 0.2) is 0 Å². The maximum atomic E-state index is 12.7. The second-order valence-corrected chi connectivity index (χ2v) is 8.01. The molecule has 1 amide bonds. The molecular formula is C22H22BrN3O3. The summed E-state index contributed by atoms with van der Waals surface area (Å²) in [7, 11) is 1.64. The zero-order valence-corrected chi connectivity index (χ0v) is 17.8. The molecule has 1 aliphatic heterocycles. The van der Waals surface area contributed by atoms with E-state index < -0.39 is 0 Å². The van der Waals surface area contributed by atoms with Crippen LogP contribution in [-0.4, -0.2) is 41.1 Å². The van der Waals surface area contributed by atoms with Crippen LogP contribution in [0.15, 0.2) is 57.5 Å². The van der Waals surface area contributed by atoms with E-state index in [4.69, 9.17) is 9.26 Å². The smallest absolute Gasteiger partial charge is 0.254 e. The highest BCUT2D eigenvalue weighted by molar-refractivity contribution is 9.10. The molecule has 4 rings (SSSR count). The van der Waals surface area contributed by atoms with Gasteiger partial charge in [-0.15, -0.1) is 0 Å². The molecule has 0 N–H and O–H groups in total. The highest BCUT2D eigenvalue weighted by Gasteiger charge is 2.26. The molecule has 7 heteroatoms. The SMILES string of the molecule is COc1ccc(-c2noc(CC3CCN(C(=O)c4ccccc4Br)CC3)n2)cc1. The van der Waals surface area contributed by atoms with Gasteiger partial charge in [0.25, 0.3) is 5.91 Å². The first-order chi connectivity index (χ1) is 14.1. The molecule has 1 saturated heterocycles. The molecule has 0 saturated carbocycles. The van der Waals surface area contributed by atoms with E-state index in [9.17, 15) is 4.79 Å². The van der Waals surface area contributed by atoms with Gasteiger partial charge in [-0.2, -0.15) is 4.98 Å². The number of methoxy groups -OCH3 is 1. The molecular weight excluding hydrogens is 434 g/mol. The lowest BCUT2D eigenvalue weighted by atomic mass is 9.93. The van der Waals surface area contributed by atoms with E-state index in [1.807, 2.05) is 53.4 Å². The molecule has 0 spiro atoms. The largest absolute Gasteiger partial charge is 0.497 e. The van der Waals surface area contributed by atoms with Crippen molar-refractivity contribution in [1.82, 2.24) is 15.0 Å². The van der Waals surface area contributed by atoms with Gasteiger partial charge in [-0.05, 0) is 71.1 Å². The Kier molecular flexibility index (Phi) is 5.94. The lowest BCUT2D eigenvalue weighted by Crippen LogP contribution is -2.39. The third-order valence-electron chi connectivity index (χ3n) is 5.29. The molecule has 1 aromatic heterocycles. The van der Waals surface area contributed by atoms with Crippen LogP contribution >= 0.6 is 15.9 Å². The molecule has 29 heavy (non-hydrogen) atoms. The van der Waals surface area contributed by atoms with Gasteiger partial charge in [0.1, 0.15) is 5.75 Å². The van der Waals surface area contributed by atoms with E-state index in [1.54, 1.807) is 7.11 Å². The molecule has 0 bridgehead atoms. The van der Waals surface area contributed by atoms with Gasteiger partial charge in [0.2, 0.25) is 11.7 Å². The maximum absolute atomic E-state index is 12.7. The summed E-state index contributed by atoms with van der Waals surface area (Å²) in [5.41, 5.74) is 1.61. The summed E-state index contributed by atoms with van der Waals surface area (Å²) in [6.07, 6.45) is 2.59. The molecule has 0 aliphatic carbocycles. The van der Waals surface area contributed by atoms with Crippen molar-refractivity contribution >= 4 is 21.8 Å². The van der Waals surface area contributed by atoms with Crippen molar-refractivity contribution < 1.29 is 14.1 Å². The average Bonchev–Trinajstić information content (AvgIpc) is 3.23. The fourth-order valence-electron chi connectivity index (χ4n) is 3.59. The van der Waals surface area contributed by atoms with Crippen molar-refractivity contribution in [3.05, 3.63) is 64.5 Å². The van der Waals surface area contributed by atoms with Crippen molar-refractivity contribution in [2.24, 2.45) is 5.92 Å². The Balaban J connectivity index is 1.33. The Labute approximate surface area is 178 Å². The minimum Gasteiger partial charge on any atom is -0.497 e. The number of hydrogen-bond donors (Lipinski definition) is 0. The van der Waals surface area contributed by atoms with Crippen LogP contribution in [-0.2, 0) is 6.42 Å². The highest BCUT2D eigenvalue weighted by atomic mass is 79.9. The maximum Gasteiger partial charge on any atom is 0.254 e. The number of aromatic nitrogens is 2. The number of amides is 1. The summed E-state index contributed by atoms with van der Waals surface area (Å²) in [4.78, 5) is 19.2. The second-order valence-electron chi connectivity index (χ2n) is 7.16. The molecule has 3 aromatic rings. The number of hydrogen-bond acceptors (Lipinski definition) is 5. The molecule has 1 aliphatic rings. The Morgan fingerprint density at radius 1 is 1.17 bits per heavy atom. The van der Waals surface area contributed by atoms with Gasteiger partial charge in [-0.25, -0.2) is 0 Å². The Morgan fingerprint density at radius 2 is 1.90 bits per heavy atom. The summed E-state index contributed by atoms with van der Waals surface area (Å²) in [5.74, 6) is 2.54. The van der Waals surface area contributed by atoms with Crippen LogP contribution in [0.25, 0.3) is 11.4 Å². The predicted octanol–water partition coefficient (Wildman–Crippen LogP) is 4.60. The number of ether oxygens (including phenoxy) is 1. The number of halogens is 1. The summed E-state index contributed by atoms with van der Waals surface area (Å²) in [5, 5.41) is 4.10. The fourth-order valence-corrected chi connectivity index (χ4v) is 4.04. The molecule has 1 fully saturated rings. The molecule has 6 nitrogen and oxygen atoms in total. The summed E-state index contributed by atoms with van der Waals surface area (Å²) < 4.78 is 11.5. The summed E-state index contributed by atoms with van der Waals surface area (Å²) in [6, 6.07) is 15.1. The lowest BCUT2D eigenvalue weighted by Gasteiger charge is -2.31. The first-order valence-corrected chi connectivity index (χ1v) is 10.4. The monoisotopic (exact) mass is 455 g/mol. The van der Waals surface area contributed by atoms with E-state index in [1.165, 1.54) is 0 Å². The van der Waals surface area contributed by atoms with Crippen molar-refractivity contribution in [2.45, 2.75) is 19.3 Å². The number of nitrogens with zero attached hydrogens (tertiary/aromatic N) is 3. The molecule has 150 valence electrons. The predicted molar refractivity (Wildman–Crippen MR) is 113 cm³/mol. The molecule has 2 aromatic carbocycles. The van der Waals surface area contributed by atoms with E-state index in [0.29, 0.717) is 23.2 Å². The summed E-state index contributed by atoms with van der Waals surface area (Å²) in [6.45, 7) is 1.48. The quantitative estimate of drug-likeness (QED) is 0.561. The second kappa shape index (κ2) is 8.78. The van der Waals surface area contributed by atoms with E-state index in [0.717, 1.165) is 48.1 Å². The van der Waals surface area contributed by atoms with Crippen LogP contribution in [0, 0.1) is 5.92 Å². The third-order valence-corrected chi connectivity index (χ3v) is 5.98.